The predicted molar refractivity (Wildman–Crippen MR) is 56.9 cm³/mol. The van der Waals surface area contributed by atoms with E-state index in [1.165, 1.54) is 0 Å². The third kappa shape index (κ3) is 2.54. The maximum atomic E-state index is 6.00. The molecule has 0 aliphatic carbocycles. The summed E-state index contributed by atoms with van der Waals surface area (Å²) in [5.41, 5.74) is 0. The Labute approximate surface area is 82.9 Å². The number of hydrogen-bond donors (Lipinski definition) is 0. The fraction of sp³-hybridized carbons (Fsp3) is 1.00. The molecule has 1 heterocycles. The molecule has 0 spiro atoms. The third-order valence-corrected chi connectivity index (χ3v) is 4.16. The third-order valence-electron chi connectivity index (χ3n) is 2.48. The lowest BCUT2D eigenvalue weighted by atomic mass is 9.94. The van der Waals surface area contributed by atoms with Gasteiger partial charge in [0.15, 0.2) is 0 Å². The van der Waals surface area contributed by atoms with Crippen molar-refractivity contribution in [2.75, 3.05) is 0 Å². The Morgan fingerprint density at radius 3 is 1.38 bits per heavy atom. The van der Waals surface area contributed by atoms with E-state index in [-0.39, 0.29) is 0 Å². The summed E-state index contributed by atoms with van der Waals surface area (Å²) < 4.78 is 12.0. The summed E-state index contributed by atoms with van der Waals surface area (Å²) in [5.74, 6) is 1.11. The fourth-order valence-electron chi connectivity index (χ4n) is 1.85. The van der Waals surface area contributed by atoms with E-state index in [0.29, 0.717) is 24.0 Å². The molecule has 1 rings (SSSR count). The smallest absolute Gasteiger partial charge is 0.332 e. The first-order valence-electron chi connectivity index (χ1n) is 5.19. The molecule has 78 valence electrons. The molecule has 0 amide bonds. The minimum atomic E-state index is -1.79. The Morgan fingerprint density at radius 2 is 1.15 bits per heavy atom. The van der Waals surface area contributed by atoms with Crippen molar-refractivity contribution in [1.29, 1.82) is 0 Å². The van der Waals surface area contributed by atoms with Gasteiger partial charge in [0, 0.05) is 0 Å². The standard InChI is InChI=1S/C10H22O2Si/c1-7(2)9-10(8(3)4)12-13(5,6)11-9/h7-10H,1-6H3/t9-,10-/m1/s1. The highest BCUT2D eigenvalue weighted by molar-refractivity contribution is 6.65. The van der Waals surface area contributed by atoms with Crippen LogP contribution in [0.15, 0.2) is 0 Å². The summed E-state index contributed by atoms with van der Waals surface area (Å²) in [5, 5.41) is 0. The van der Waals surface area contributed by atoms with Crippen molar-refractivity contribution in [2.45, 2.75) is 53.0 Å². The van der Waals surface area contributed by atoms with Gasteiger partial charge in [-0.15, -0.1) is 0 Å². The largest absolute Gasteiger partial charge is 0.388 e. The van der Waals surface area contributed by atoms with Crippen LogP contribution in [0.2, 0.25) is 13.1 Å². The predicted octanol–water partition coefficient (Wildman–Crippen LogP) is 2.78. The average molecular weight is 202 g/mol. The monoisotopic (exact) mass is 202 g/mol. The highest BCUT2D eigenvalue weighted by atomic mass is 28.4. The van der Waals surface area contributed by atoms with E-state index in [1.807, 2.05) is 0 Å². The molecule has 13 heavy (non-hydrogen) atoms. The summed E-state index contributed by atoms with van der Waals surface area (Å²) in [6, 6.07) is 0. The summed E-state index contributed by atoms with van der Waals surface area (Å²) >= 11 is 0. The molecule has 1 aliphatic rings. The van der Waals surface area contributed by atoms with E-state index in [1.54, 1.807) is 0 Å². The SMILES string of the molecule is CC(C)[C@H]1O[Si](C)(C)O[C@@H]1C(C)C. The summed E-state index contributed by atoms with van der Waals surface area (Å²) in [4.78, 5) is 0. The van der Waals surface area contributed by atoms with Crippen LogP contribution in [0.5, 0.6) is 0 Å². The van der Waals surface area contributed by atoms with E-state index in [0.717, 1.165) is 0 Å². The van der Waals surface area contributed by atoms with Crippen LogP contribution in [0.3, 0.4) is 0 Å². The maximum Gasteiger partial charge on any atom is 0.332 e. The van der Waals surface area contributed by atoms with Crippen molar-refractivity contribution in [1.82, 2.24) is 0 Å². The van der Waals surface area contributed by atoms with Crippen molar-refractivity contribution in [3.63, 3.8) is 0 Å². The molecule has 0 bridgehead atoms. The second-order valence-corrected chi connectivity index (χ2v) is 8.32. The lowest BCUT2D eigenvalue weighted by Gasteiger charge is -2.24. The first-order chi connectivity index (χ1) is 5.83. The van der Waals surface area contributed by atoms with Gasteiger partial charge in [-0.1, -0.05) is 27.7 Å². The van der Waals surface area contributed by atoms with E-state index < -0.39 is 8.56 Å². The Morgan fingerprint density at radius 1 is 0.846 bits per heavy atom. The lowest BCUT2D eigenvalue weighted by molar-refractivity contribution is 0.0815. The molecule has 0 aromatic rings. The number of hydrogen-bond acceptors (Lipinski definition) is 2. The molecular formula is C10H22O2Si. The van der Waals surface area contributed by atoms with Gasteiger partial charge < -0.3 is 8.85 Å². The van der Waals surface area contributed by atoms with Crippen LogP contribution in [0.25, 0.3) is 0 Å². The second-order valence-electron chi connectivity index (χ2n) is 5.05. The first kappa shape index (κ1) is 11.2. The van der Waals surface area contributed by atoms with Gasteiger partial charge in [0.25, 0.3) is 0 Å². The van der Waals surface area contributed by atoms with Crippen molar-refractivity contribution in [3.8, 4) is 0 Å². The fourth-order valence-corrected chi connectivity index (χ4v) is 4.03. The van der Waals surface area contributed by atoms with Crippen LogP contribution < -0.4 is 0 Å². The van der Waals surface area contributed by atoms with Crippen LogP contribution in [0.1, 0.15) is 27.7 Å². The molecule has 0 aromatic heterocycles. The highest BCUT2D eigenvalue weighted by Gasteiger charge is 2.45. The van der Waals surface area contributed by atoms with E-state index in [2.05, 4.69) is 40.8 Å². The van der Waals surface area contributed by atoms with Gasteiger partial charge in [-0.3, -0.25) is 0 Å². The van der Waals surface area contributed by atoms with Crippen molar-refractivity contribution < 1.29 is 8.85 Å². The van der Waals surface area contributed by atoms with Gasteiger partial charge in [0.2, 0.25) is 0 Å². The molecule has 0 N–H and O–H groups in total. The molecule has 3 heteroatoms. The van der Waals surface area contributed by atoms with Crippen LogP contribution in [-0.2, 0) is 8.85 Å². The topological polar surface area (TPSA) is 18.5 Å². The molecule has 0 radical (unpaired) electrons. The van der Waals surface area contributed by atoms with Crippen molar-refractivity contribution in [2.24, 2.45) is 11.8 Å². The molecule has 2 atom stereocenters. The number of rotatable bonds is 2. The quantitative estimate of drug-likeness (QED) is 0.641. The van der Waals surface area contributed by atoms with Gasteiger partial charge >= 0.3 is 8.56 Å². The molecule has 1 fully saturated rings. The molecule has 1 aliphatic heterocycles. The Bertz CT molecular complexity index is 160. The van der Waals surface area contributed by atoms with Crippen LogP contribution in [-0.4, -0.2) is 20.8 Å². The van der Waals surface area contributed by atoms with Crippen LogP contribution in [0.4, 0.5) is 0 Å². The van der Waals surface area contributed by atoms with E-state index >= 15 is 0 Å². The molecule has 0 aromatic carbocycles. The Balaban J connectivity index is 2.71. The minimum Gasteiger partial charge on any atom is -0.388 e. The van der Waals surface area contributed by atoms with Gasteiger partial charge in [-0.05, 0) is 24.9 Å². The summed E-state index contributed by atoms with van der Waals surface area (Å²) in [6.07, 6.45) is 0.614. The lowest BCUT2D eigenvalue weighted by Crippen LogP contribution is -2.31. The van der Waals surface area contributed by atoms with Crippen LogP contribution >= 0.6 is 0 Å². The zero-order valence-electron chi connectivity index (χ0n) is 9.63. The van der Waals surface area contributed by atoms with E-state index in [4.69, 9.17) is 8.85 Å². The molecule has 0 saturated carbocycles. The Kier molecular flexibility index (Phi) is 3.20. The zero-order valence-corrected chi connectivity index (χ0v) is 10.6. The molecular weight excluding hydrogens is 180 g/mol. The van der Waals surface area contributed by atoms with Gasteiger partial charge in [-0.2, -0.15) is 0 Å². The Hall–Kier alpha value is 0.137. The van der Waals surface area contributed by atoms with Gasteiger partial charge in [0.1, 0.15) is 0 Å². The van der Waals surface area contributed by atoms with Crippen molar-refractivity contribution >= 4 is 8.56 Å². The van der Waals surface area contributed by atoms with Gasteiger partial charge in [-0.25, -0.2) is 0 Å². The molecule has 2 nitrogen and oxygen atoms in total. The normalized spacial score (nSPS) is 33.2. The first-order valence-corrected chi connectivity index (χ1v) is 8.01. The zero-order chi connectivity index (χ0) is 10.2. The molecule has 0 unspecified atom stereocenters. The van der Waals surface area contributed by atoms with E-state index in [9.17, 15) is 0 Å². The highest BCUT2D eigenvalue weighted by Crippen LogP contribution is 2.32. The maximum absolute atomic E-state index is 6.00. The average Bonchev–Trinajstić information content (AvgIpc) is 2.26. The summed E-state index contributed by atoms with van der Waals surface area (Å²) in [6.45, 7) is 13.1. The van der Waals surface area contributed by atoms with Crippen molar-refractivity contribution in [3.05, 3.63) is 0 Å². The second kappa shape index (κ2) is 3.71. The van der Waals surface area contributed by atoms with Crippen LogP contribution in [0, 0.1) is 11.8 Å². The summed E-state index contributed by atoms with van der Waals surface area (Å²) in [7, 11) is -1.79. The van der Waals surface area contributed by atoms with Gasteiger partial charge in [0.05, 0.1) is 12.2 Å². The molecule has 1 saturated heterocycles. The minimum absolute atomic E-state index is 0.307.